The van der Waals surface area contributed by atoms with E-state index in [1.165, 1.54) is 7.11 Å². The highest BCUT2D eigenvalue weighted by Gasteiger charge is 2.18. The zero-order valence-corrected chi connectivity index (χ0v) is 8.64. The largest absolute Gasteiger partial charge is 0.497 e. The van der Waals surface area contributed by atoms with Crippen molar-refractivity contribution in [2.45, 2.75) is 19.1 Å². The fraction of sp³-hybridized carbons (Fsp3) is 0.364. The van der Waals surface area contributed by atoms with Crippen LogP contribution in [-0.2, 0) is 0 Å². The molecule has 4 nitrogen and oxygen atoms in total. The number of hydrogen-bond donors (Lipinski definition) is 2. The van der Waals surface area contributed by atoms with E-state index in [4.69, 9.17) is 10.00 Å². The minimum Gasteiger partial charge on any atom is -0.497 e. The van der Waals surface area contributed by atoms with E-state index in [0.29, 0.717) is 11.3 Å². The molecule has 0 amide bonds. The van der Waals surface area contributed by atoms with Gasteiger partial charge in [0.1, 0.15) is 11.9 Å². The van der Waals surface area contributed by atoms with Crippen LogP contribution in [0.1, 0.15) is 17.2 Å². The topological polar surface area (TPSA) is 73.5 Å². The SMILES string of the molecule is COc1cc(C)cc(C(O)C(O)C#N)c1. The van der Waals surface area contributed by atoms with Gasteiger partial charge in [0.05, 0.1) is 13.2 Å². The maximum atomic E-state index is 9.61. The van der Waals surface area contributed by atoms with E-state index in [2.05, 4.69) is 0 Å². The molecule has 0 aromatic heterocycles. The van der Waals surface area contributed by atoms with Crippen LogP contribution in [0.15, 0.2) is 18.2 Å². The Labute approximate surface area is 88.4 Å². The van der Waals surface area contributed by atoms with Crippen molar-refractivity contribution in [1.82, 2.24) is 0 Å². The van der Waals surface area contributed by atoms with Crippen molar-refractivity contribution >= 4 is 0 Å². The molecule has 2 atom stereocenters. The fourth-order valence-corrected chi connectivity index (χ4v) is 1.32. The third-order valence-electron chi connectivity index (χ3n) is 2.08. The summed E-state index contributed by atoms with van der Waals surface area (Å²) in [4.78, 5) is 0. The molecule has 4 heteroatoms. The van der Waals surface area contributed by atoms with Gasteiger partial charge in [-0.1, -0.05) is 6.07 Å². The third-order valence-corrected chi connectivity index (χ3v) is 2.08. The van der Waals surface area contributed by atoms with Gasteiger partial charge in [-0.05, 0) is 30.2 Å². The Morgan fingerprint density at radius 3 is 2.53 bits per heavy atom. The van der Waals surface area contributed by atoms with E-state index in [0.717, 1.165) is 5.56 Å². The van der Waals surface area contributed by atoms with Crippen molar-refractivity contribution in [3.63, 3.8) is 0 Å². The highest BCUT2D eigenvalue weighted by Crippen LogP contribution is 2.23. The summed E-state index contributed by atoms with van der Waals surface area (Å²) in [7, 11) is 1.52. The first-order chi connectivity index (χ1) is 7.08. The van der Waals surface area contributed by atoms with E-state index < -0.39 is 12.2 Å². The Kier molecular flexibility index (Phi) is 3.67. The van der Waals surface area contributed by atoms with Gasteiger partial charge in [0.2, 0.25) is 0 Å². The molecule has 1 rings (SSSR count). The molecule has 0 aliphatic carbocycles. The predicted octanol–water partition coefficient (Wildman–Crippen LogP) is 0.921. The number of aliphatic hydroxyl groups excluding tert-OH is 2. The zero-order valence-electron chi connectivity index (χ0n) is 8.64. The Hall–Kier alpha value is -1.57. The number of aliphatic hydroxyl groups is 2. The molecule has 0 aliphatic rings. The zero-order chi connectivity index (χ0) is 11.4. The van der Waals surface area contributed by atoms with Gasteiger partial charge in [-0.15, -0.1) is 0 Å². The summed E-state index contributed by atoms with van der Waals surface area (Å²) in [6, 6.07) is 6.68. The third kappa shape index (κ3) is 2.69. The second kappa shape index (κ2) is 4.78. The molecular formula is C11H13NO3. The van der Waals surface area contributed by atoms with Crippen LogP contribution < -0.4 is 4.74 Å². The average molecular weight is 207 g/mol. The normalized spacial score (nSPS) is 14.1. The number of hydrogen-bond acceptors (Lipinski definition) is 4. The van der Waals surface area contributed by atoms with Crippen molar-refractivity contribution < 1.29 is 14.9 Å². The van der Waals surface area contributed by atoms with Crippen LogP contribution >= 0.6 is 0 Å². The Bertz CT molecular complexity index is 384. The number of benzene rings is 1. The fourth-order valence-electron chi connectivity index (χ4n) is 1.32. The van der Waals surface area contributed by atoms with Crippen LogP contribution in [0.4, 0.5) is 0 Å². The summed E-state index contributed by atoms with van der Waals surface area (Å²) < 4.78 is 5.02. The number of nitrogens with zero attached hydrogens (tertiary/aromatic N) is 1. The summed E-state index contributed by atoms with van der Waals surface area (Å²) in [5, 5.41) is 27.3. The quantitative estimate of drug-likeness (QED) is 0.723. The van der Waals surface area contributed by atoms with Gasteiger partial charge in [-0.3, -0.25) is 0 Å². The number of methoxy groups -OCH3 is 1. The predicted molar refractivity (Wildman–Crippen MR) is 54.3 cm³/mol. The van der Waals surface area contributed by atoms with Crippen LogP contribution in [0, 0.1) is 18.3 Å². The highest BCUT2D eigenvalue weighted by molar-refractivity contribution is 5.35. The first-order valence-electron chi connectivity index (χ1n) is 4.50. The van der Waals surface area contributed by atoms with E-state index in [1.54, 1.807) is 24.3 Å². The summed E-state index contributed by atoms with van der Waals surface area (Å²) in [5.74, 6) is 0.592. The van der Waals surface area contributed by atoms with E-state index >= 15 is 0 Å². The molecule has 1 aromatic carbocycles. The Balaban J connectivity index is 3.04. The molecule has 1 aromatic rings. The summed E-state index contributed by atoms with van der Waals surface area (Å²) in [5.41, 5.74) is 1.37. The molecule has 2 unspecified atom stereocenters. The molecule has 0 spiro atoms. The molecule has 0 saturated heterocycles. The maximum Gasteiger partial charge on any atom is 0.170 e. The first-order valence-corrected chi connectivity index (χ1v) is 4.50. The second-order valence-electron chi connectivity index (χ2n) is 3.30. The molecule has 15 heavy (non-hydrogen) atoms. The molecule has 0 radical (unpaired) electrons. The van der Waals surface area contributed by atoms with Gasteiger partial charge in [-0.2, -0.15) is 5.26 Å². The Morgan fingerprint density at radius 1 is 1.33 bits per heavy atom. The van der Waals surface area contributed by atoms with Crippen molar-refractivity contribution in [3.8, 4) is 11.8 Å². The van der Waals surface area contributed by atoms with E-state index in [1.807, 2.05) is 6.92 Å². The number of rotatable bonds is 3. The summed E-state index contributed by atoms with van der Waals surface area (Å²) >= 11 is 0. The first kappa shape index (κ1) is 11.5. The maximum absolute atomic E-state index is 9.61. The number of ether oxygens (including phenoxy) is 1. The van der Waals surface area contributed by atoms with Gasteiger partial charge in [0, 0.05) is 0 Å². The van der Waals surface area contributed by atoms with Crippen molar-refractivity contribution in [2.75, 3.05) is 7.11 Å². The number of aryl methyl sites for hydroxylation is 1. The molecule has 0 aliphatic heterocycles. The highest BCUT2D eigenvalue weighted by atomic mass is 16.5. The lowest BCUT2D eigenvalue weighted by molar-refractivity contribution is 0.0526. The van der Waals surface area contributed by atoms with E-state index in [-0.39, 0.29) is 0 Å². The molecular weight excluding hydrogens is 194 g/mol. The lowest BCUT2D eigenvalue weighted by Crippen LogP contribution is -2.15. The lowest BCUT2D eigenvalue weighted by atomic mass is 10.0. The monoisotopic (exact) mass is 207 g/mol. The summed E-state index contributed by atoms with van der Waals surface area (Å²) in [6.45, 7) is 1.84. The van der Waals surface area contributed by atoms with Gasteiger partial charge >= 0.3 is 0 Å². The van der Waals surface area contributed by atoms with Gasteiger partial charge < -0.3 is 14.9 Å². The van der Waals surface area contributed by atoms with Crippen LogP contribution in [0.2, 0.25) is 0 Å². The molecule has 0 saturated carbocycles. The van der Waals surface area contributed by atoms with Gasteiger partial charge in [0.25, 0.3) is 0 Å². The standard InChI is InChI=1S/C11H13NO3/c1-7-3-8(5-9(4-7)15-2)11(14)10(13)6-12/h3-5,10-11,13-14H,1-2H3. The average Bonchev–Trinajstić information content (AvgIpc) is 2.26. The van der Waals surface area contributed by atoms with Crippen molar-refractivity contribution in [2.24, 2.45) is 0 Å². The van der Waals surface area contributed by atoms with Crippen molar-refractivity contribution in [1.29, 1.82) is 5.26 Å². The minimum absolute atomic E-state index is 0.473. The Morgan fingerprint density at radius 2 is 2.00 bits per heavy atom. The smallest absolute Gasteiger partial charge is 0.170 e. The summed E-state index contributed by atoms with van der Waals surface area (Å²) in [6.07, 6.45) is -2.62. The van der Waals surface area contributed by atoms with Gasteiger partial charge in [-0.25, -0.2) is 0 Å². The molecule has 0 bridgehead atoms. The molecule has 80 valence electrons. The van der Waals surface area contributed by atoms with Crippen molar-refractivity contribution in [3.05, 3.63) is 29.3 Å². The van der Waals surface area contributed by atoms with Crippen LogP contribution in [0.5, 0.6) is 5.75 Å². The van der Waals surface area contributed by atoms with Gasteiger partial charge in [0.15, 0.2) is 6.10 Å². The minimum atomic E-state index is -1.42. The van der Waals surface area contributed by atoms with Crippen LogP contribution in [0.3, 0.4) is 0 Å². The molecule has 2 N–H and O–H groups in total. The number of nitriles is 1. The molecule has 0 heterocycles. The van der Waals surface area contributed by atoms with Crippen LogP contribution in [0.25, 0.3) is 0 Å². The van der Waals surface area contributed by atoms with Crippen LogP contribution in [-0.4, -0.2) is 23.4 Å². The lowest BCUT2D eigenvalue weighted by Gasteiger charge is -2.13. The molecule has 0 fully saturated rings. The second-order valence-corrected chi connectivity index (χ2v) is 3.30. The van der Waals surface area contributed by atoms with E-state index in [9.17, 15) is 10.2 Å².